The van der Waals surface area contributed by atoms with Crippen LogP contribution in [0.4, 0.5) is 4.79 Å². The van der Waals surface area contributed by atoms with Gasteiger partial charge in [0.25, 0.3) is 8.32 Å². The molecule has 4 aromatic rings. The van der Waals surface area contributed by atoms with E-state index in [0.29, 0.717) is 38.9 Å². The average molecular weight is 828 g/mol. The largest absolute Gasteiger partial charge is 0.444 e. The predicted molar refractivity (Wildman–Crippen MR) is 248 cm³/mol. The van der Waals surface area contributed by atoms with Crippen molar-refractivity contribution in [3.63, 3.8) is 0 Å². The summed E-state index contributed by atoms with van der Waals surface area (Å²) < 4.78 is 26.3. The number of fused-ring (bicyclic) bond motifs is 2. The number of carbonyl (C=O) groups excluding carboxylic acids is 1. The zero-order valence-electron chi connectivity index (χ0n) is 37.1. The van der Waals surface area contributed by atoms with Crippen LogP contribution in [-0.4, -0.2) is 57.3 Å². The maximum Gasteiger partial charge on any atom is 0.410 e. The highest BCUT2D eigenvalue weighted by Crippen LogP contribution is 2.48. The van der Waals surface area contributed by atoms with E-state index < -0.39 is 13.9 Å². The van der Waals surface area contributed by atoms with Gasteiger partial charge in [-0.2, -0.15) is 0 Å². The molecule has 0 radical (unpaired) electrons. The Balaban J connectivity index is 1.09. The zero-order chi connectivity index (χ0) is 42.5. The number of hydrogen-bond donors (Lipinski definition) is 0. The fourth-order valence-corrected chi connectivity index (χ4v) is 13.9. The Labute approximate surface area is 362 Å². The third-order valence-corrected chi connectivity index (χ3v) is 17.3. The fourth-order valence-electron chi connectivity index (χ4n) is 9.30. The second-order valence-electron chi connectivity index (χ2n) is 18.9. The standard InChI is InChI=1S/C53H69NO5Si/c1-51(2,3)59-50(55)54-40-53(41-56-38-43-25-15-11-16-26-43,42-57-39-44-27-17-12-18-28-44)46-35-34-45(49(54)37-46)29-19-9-7-8-10-24-36-58-60(52(4,5)6,47-30-20-13-21-31-47)48-32-22-14-23-33-48/h7,9,11-18,20-23,25-33,46,49H,8,10,19,24,34-42H2,1-6H3/b9-7-,45-29-/t46-,49-/m0/s1. The highest BCUT2D eigenvalue weighted by atomic mass is 28.4. The summed E-state index contributed by atoms with van der Waals surface area (Å²) in [6.45, 7) is 16.2. The molecule has 320 valence electrons. The van der Waals surface area contributed by atoms with E-state index in [2.05, 4.69) is 124 Å². The molecule has 1 aliphatic carbocycles. The van der Waals surface area contributed by atoms with Crippen molar-refractivity contribution in [1.29, 1.82) is 0 Å². The SMILES string of the molecule is CC(C)(C)OC(=O)N1CC(COCc2ccccc2)(COCc2ccccc2)[C@H]2CC/C(=C/C/C=C\CCCCO[Si](c3ccccc3)(c3ccccc3)C(C)(C)C)[C@@H]1C2. The first kappa shape index (κ1) is 45.3. The van der Waals surface area contributed by atoms with Gasteiger partial charge in [0.05, 0.1) is 32.5 Å². The van der Waals surface area contributed by atoms with Gasteiger partial charge in [0, 0.05) is 18.6 Å². The van der Waals surface area contributed by atoms with Crippen LogP contribution in [0.15, 0.2) is 145 Å². The second-order valence-corrected chi connectivity index (χ2v) is 23.2. The lowest BCUT2D eigenvalue weighted by atomic mass is 9.63. The van der Waals surface area contributed by atoms with Gasteiger partial charge >= 0.3 is 6.09 Å². The molecule has 2 bridgehead atoms. The number of hydrogen-bond acceptors (Lipinski definition) is 5. The van der Waals surface area contributed by atoms with E-state index in [-0.39, 0.29) is 22.6 Å². The van der Waals surface area contributed by atoms with Crippen LogP contribution >= 0.6 is 0 Å². The van der Waals surface area contributed by atoms with Crippen molar-refractivity contribution in [2.45, 2.75) is 116 Å². The number of benzene rings is 4. The highest BCUT2D eigenvalue weighted by Gasteiger charge is 2.52. The third-order valence-electron chi connectivity index (χ3n) is 12.3. The summed E-state index contributed by atoms with van der Waals surface area (Å²) in [6.07, 6.45) is 13.5. The lowest BCUT2D eigenvalue weighted by molar-refractivity contribution is -0.117. The first-order valence-corrected chi connectivity index (χ1v) is 24.1. The van der Waals surface area contributed by atoms with Crippen LogP contribution in [0.1, 0.15) is 97.6 Å². The van der Waals surface area contributed by atoms with Gasteiger partial charge in [-0.25, -0.2) is 4.79 Å². The van der Waals surface area contributed by atoms with Crippen LogP contribution < -0.4 is 10.4 Å². The number of rotatable bonds is 18. The van der Waals surface area contributed by atoms with Crippen LogP contribution in [-0.2, 0) is 31.9 Å². The van der Waals surface area contributed by atoms with Crippen molar-refractivity contribution in [2.24, 2.45) is 11.3 Å². The molecule has 0 spiro atoms. The summed E-state index contributed by atoms with van der Waals surface area (Å²) in [5, 5.41) is 2.63. The number of piperidine rings is 1. The molecule has 0 N–H and O–H groups in total. The first-order chi connectivity index (χ1) is 28.9. The van der Waals surface area contributed by atoms with E-state index in [4.69, 9.17) is 18.6 Å². The van der Waals surface area contributed by atoms with Crippen molar-refractivity contribution in [1.82, 2.24) is 4.90 Å². The minimum atomic E-state index is -2.52. The van der Waals surface area contributed by atoms with E-state index in [9.17, 15) is 4.79 Å². The monoisotopic (exact) mass is 827 g/mol. The Morgan fingerprint density at radius 1 is 0.733 bits per heavy atom. The molecule has 0 aromatic heterocycles. The number of nitrogens with zero attached hydrogens (tertiary/aromatic N) is 1. The lowest BCUT2D eigenvalue weighted by Gasteiger charge is -2.54. The van der Waals surface area contributed by atoms with E-state index in [1.54, 1.807) is 0 Å². The molecule has 6 nitrogen and oxygen atoms in total. The van der Waals surface area contributed by atoms with Crippen LogP contribution in [0, 0.1) is 11.3 Å². The zero-order valence-corrected chi connectivity index (χ0v) is 38.1. The number of allylic oxidation sites excluding steroid dienone is 3. The van der Waals surface area contributed by atoms with Gasteiger partial charge in [-0.15, -0.1) is 0 Å². The first-order valence-electron chi connectivity index (χ1n) is 22.2. The Morgan fingerprint density at radius 3 is 1.78 bits per heavy atom. The van der Waals surface area contributed by atoms with Crippen molar-refractivity contribution < 1.29 is 23.4 Å². The Bertz CT molecular complexity index is 1870. The van der Waals surface area contributed by atoms with Gasteiger partial charge in [-0.3, -0.25) is 0 Å². The second kappa shape index (κ2) is 21.0. The molecule has 6 rings (SSSR count). The molecule has 1 heterocycles. The number of likely N-dealkylation sites (tertiary alicyclic amines) is 1. The average Bonchev–Trinajstić information content (AvgIpc) is 3.23. The quantitative estimate of drug-likeness (QED) is 0.0568. The molecule has 7 heteroatoms. The molecule has 4 aromatic carbocycles. The van der Waals surface area contributed by atoms with Crippen LogP contribution in [0.2, 0.25) is 5.04 Å². The lowest BCUT2D eigenvalue weighted by Crippen LogP contribution is -2.66. The maximum atomic E-state index is 14.1. The van der Waals surface area contributed by atoms with Gasteiger partial charge in [0.1, 0.15) is 5.60 Å². The molecular formula is C53H69NO5Si. The highest BCUT2D eigenvalue weighted by molar-refractivity contribution is 6.99. The van der Waals surface area contributed by atoms with Gasteiger partial charge in [0.2, 0.25) is 0 Å². The van der Waals surface area contributed by atoms with E-state index in [0.717, 1.165) is 62.7 Å². The molecule has 60 heavy (non-hydrogen) atoms. The molecule has 0 unspecified atom stereocenters. The summed E-state index contributed by atoms with van der Waals surface area (Å²) >= 11 is 0. The Morgan fingerprint density at radius 2 is 1.27 bits per heavy atom. The molecule has 1 saturated heterocycles. The van der Waals surface area contributed by atoms with E-state index in [1.807, 2.05) is 62.1 Å². The summed E-state index contributed by atoms with van der Waals surface area (Å²) in [5.74, 6) is 0.353. The number of carbonyl (C=O) groups is 1. The molecular weight excluding hydrogens is 759 g/mol. The Kier molecular flexibility index (Phi) is 15.8. The minimum absolute atomic E-state index is 0.00185. The number of unbranched alkanes of at least 4 members (excludes halogenated alkanes) is 2. The Hall–Kier alpha value is -4.27. The van der Waals surface area contributed by atoms with E-state index >= 15 is 0 Å². The number of ether oxygens (including phenoxy) is 3. The molecule has 1 saturated carbocycles. The van der Waals surface area contributed by atoms with Gasteiger partial charge in [-0.05, 0) is 98.2 Å². The molecule has 2 atom stereocenters. The fraction of sp³-hybridized carbons (Fsp3) is 0.453. The van der Waals surface area contributed by atoms with Gasteiger partial charge in [0.15, 0.2) is 0 Å². The topological polar surface area (TPSA) is 57.2 Å². The van der Waals surface area contributed by atoms with Gasteiger partial charge in [-0.1, -0.05) is 166 Å². The van der Waals surface area contributed by atoms with Crippen LogP contribution in [0.5, 0.6) is 0 Å². The summed E-state index contributed by atoms with van der Waals surface area (Å²) in [4.78, 5) is 16.1. The van der Waals surface area contributed by atoms with Crippen molar-refractivity contribution in [3.8, 4) is 0 Å². The molecule has 2 aliphatic rings. The molecule has 1 amide bonds. The van der Waals surface area contributed by atoms with Crippen LogP contribution in [0.25, 0.3) is 0 Å². The van der Waals surface area contributed by atoms with Crippen molar-refractivity contribution in [2.75, 3.05) is 26.4 Å². The number of amides is 1. The summed E-state index contributed by atoms with van der Waals surface area (Å²) in [6, 6.07) is 42.4. The van der Waals surface area contributed by atoms with Crippen molar-refractivity contribution in [3.05, 3.63) is 156 Å². The normalized spacial score (nSPS) is 18.8. The predicted octanol–water partition coefficient (Wildman–Crippen LogP) is 11.4. The smallest absolute Gasteiger partial charge is 0.410 e. The summed E-state index contributed by atoms with van der Waals surface area (Å²) in [7, 11) is -2.52. The summed E-state index contributed by atoms with van der Waals surface area (Å²) in [5.41, 5.74) is 2.66. The maximum absolute atomic E-state index is 14.1. The van der Waals surface area contributed by atoms with E-state index in [1.165, 1.54) is 15.9 Å². The minimum Gasteiger partial charge on any atom is -0.444 e. The van der Waals surface area contributed by atoms with Gasteiger partial charge < -0.3 is 23.5 Å². The molecule has 1 aliphatic heterocycles. The molecule has 2 fully saturated rings. The van der Waals surface area contributed by atoms with Crippen LogP contribution in [0.3, 0.4) is 0 Å². The van der Waals surface area contributed by atoms with Crippen molar-refractivity contribution >= 4 is 24.8 Å². The third kappa shape index (κ3) is 11.8.